The molecule has 2 aromatic rings. The van der Waals surface area contributed by atoms with Gasteiger partial charge in [-0.15, -0.1) is 0 Å². The molecule has 0 bridgehead atoms. The summed E-state index contributed by atoms with van der Waals surface area (Å²) in [4.78, 5) is 37.4. The Balaban J connectivity index is 1.64. The zero-order valence-electron chi connectivity index (χ0n) is 18.0. The van der Waals surface area contributed by atoms with Gasteiger partial charge < -0.3 is 24.3 Å². The number of aromatic amines is 1. The number of carbonyl (C=O) groups excluding carboxylic acids is 2. The predicted octanol–water partition coefficient (Wildman–Crippen LogP) is 2.70. The summed E-state index contributed by atoms with van der Waals surface area (Å²) in [7, 11) is 3.80. The quantitative estimate of drug-likeness (QED) is 0.433. The highest BCUT2D eigenvalue weighted by Gasteiger charge is 2.39. The Kier molecular flexibility index (Phi) is 6.36. The number of carbonyl (C=O) groups is 2. The molecule has 0 aromatic carbocycles. The molecule has 0 unspecified atom stereocenters. The molecule has 4 rings (SSSR count). The monoisotopic (exact) mass is 424 g/mol. The molecule has 0 saturated carbocycles. The van der Waals surface area contributed by atoms with Crippen LogP contribution in [0, 0.1) is 0 Å². The van der Waals surface area contributed by atoms with E-state index in [2.05, 4.69) is 9.97 Å². The number of fused-ring (bicyclic) bond motifs is 1. The lowest BCUT2D eigenvalue weighted by Gasteiger charge is -2.23. The Morgan fingerprint density at radius 1 is 1.29 bits per heavy atom. The van der Waals surface area contributed by atoms with Crippen molar-refractivity contribution in [3.05, 3.63) is 47.3 Å². The standard InChI is InChI=1S/C23H28N4O4/c1-26(2)12-13-30-23(29)19-20(28)18(31-22(19)27-10-5-3-4-6-11-27)14-16-15-25-21-17(16)8-7-9-24-21/h7-9,14-15H,3-6,10-13H2,1-2H3,(H,24,25). The first-order chi connectivity index (χ1) is 15.0. The van der Waals surface area contributed by atoms with Crippen LogP contribution in [0.3, 0.4) is 0 Å². The van der Waals surface area contributed by atoms with Crippen LogP contribution in [0.2, 0.25) is 0 Å². The highest BCUT2D eigenvalue weighted by molar-refractivity contribution is 6.26. The van der Waals surface area contributed by atoms with Crippen LogP contribution < -0.4 is 0 Å². The number of likely N-dealkylation sites (tertiary alicyclic amines) is 1. The number of likely N-dealkylation sites (N-methyl/N-ethyl adjacent to an activating group) is 1. The molecule has 0 spiro atoms. The van der Waals surface area contributed by atoms with E-state index in [1.54, 1.807) is 18.5 Å². The molecule has 0 amide bonds. The van der Waals surface area contributed by atoms with Gasteiger partial charge in [-0.2, -0.15) is 0 Å². The van der Waals surface area contributed by atoms with Gasteiger partial charge in [-0.05, 0) is 45.1 Å². The summed E-state index contributed by atoms with van der Waals surface area (Å²) in [5, 5.41) is 0.879. The molecule has 8 nitrogen and oxygen atoms in total. The Labute approximate surface area is 181 Å². The SMILES string of the molecule is CN(C)CCOC(=O)C1=C(N2CCCCCC2)OC(=Cc2c[nH]c3ncccc23)C1=O. The molecule has 2 aromatic heterocycles. The number of esters is 1. The molecular weight excluding hydrogens is 396 g/mol. The summed E-state index contributed by atoms with van der Waals surface area (Å²) < 4.78 is 11.4. The minimum Gasteiger partial charge on any atom is -0.460 e. The smallest absolute Gasteiger partial charge is 0.347 e. The third-order valence-electron chi connectivity index (χ3n) is 5.51. The van der Waals surface area contributed by atoms with Gasteiger partial charge in [0.2, 0.25) is 11.7 Å². The number of ketones is 1. The summed E-state index contributed by atoms with van der Waals surface area (Å²) in [6.07, 6.45) is 9.40. The van der Waals surface area contributed by atoms with Crippen LogP contribution in [0.5, 0.6) is 0 Å². The average molecular weight is 425 g/mol. The fourth-order valence-corrected chi connectivity index (χ4v) is 3.82. The van der Waals surface area contributed by atoms with Crippen LogP contribution in [0.1, 0.15) is 31.2 Å². The van der Waals surface area contributed by atoms with E-state index in [1.807, 2.05) is 36.0 Å². The number of aromatic nitrogens is 2. The predicted molar refractivity (Wildman–Crippen MR) is 117 cm³/mol. The Hall–Kier alpha value is -3.13. The zero-order chi connectivity index (χ0) is 21.8. The van der Waals surface area contributed by atoms with Crippen LogP contribution in [0.4, 0.5) is 0 Å². The van der Waals surface area contributed by atoms with Crippen LogP contribution in [-0.2, 0) is 19.1 Å². The molecule has 31 heavy (non-hydrogen) atoms. The maximum Gasteiger partial charge on any atom is 0.347 e. The van der Waals surface area contributed by atoms with Crippen molar-refractivity contribution in [1.29, 1.82) is 0 Å². The van der Waals surface area contributed by atoms with Crippen molar-refractivity contribution in [2.24, 2.45) is 0 Å². The van der Waals surface area contributed by atoms with Gasteiger partial charge in [0.05, 0.1) is 0 Å². The van der Waals surface area contributed by atoms with Crippen molar-refractivity contribution in [1.82, 2.24) is 19.8 Å². The number of allylic oxidation sites excluding steroid dienone is 1. The summed E-state index contributed by atoms with van der Waals surface area (Å²) in [6, 6.07) is 3.76. The minimum atomic E-state index is -0.630. The molecule has 1 fully saturated rings. The van der Waals surface area contributed by atoms with Gasteiger partial charge in [-0.3, -0.25) is 4.79 Å². The molecule has 0 aliphatic carbocycles. The molecule has 0 radical (unpaired) electrons. The number of pyridine rings is 1. The van der Waals surface area contributed by atoms with E-state index >= 15 is 0 Å². The van der Waals surface area contributed by atoms with E-state index in [0.29, 0.717) is 12.4 Å². The zero-order valence-corrected chi connectivity index (χ0v) is 18.0. The lowest BCUT2D eigenvalue weighted by Crippen LogP contribution is -2.28. The average Bonchev–Trinajstić information content (AvgIpc) is 3.17. The second kappa shape index (κ2) is 9.34. The van der Waals surface area contributed by atoms with Crippen molar-refractivity contribution in [2.75, 3.05) is 40.3 Å². The van der Waals surface area contributed by atoms with E-state index in [-0.39, 0.29) is 17.9 Å². The summed E-state index contributed by atoms with van der Waals surface area (Å²) in [5.41, 5.74) is 1.50. The van der Waals surface area contributed by atoms with Gasteiger partial charge >= 0.3 is 5.97 Å². The minimum absolute atomic E-state index is 0.00938. The molecule has 2 aliphatic heterocycles. The second-order valence-electron chi connectivity index (χ2n) is 8.10. The topological polar surface area (TPSA) is 87.8 Å². The fraction of sp³-hybridized carbons (Fsp3) is 0.435. The van der Waals surface area contributed by atoms with Crippen molar-refractivity contribution in [3.8, 4) is 0 Å². The van der Waals surface area contributed by atoms with Crippen molar-refractivity contribution in [3.63, 3.8) is 0 Å². The fourth-order valence-electron chi connectivity index (χ4n) is 3.82. The lowest BCUT2D eigenvalue weighted by atomic mass is 10.1. The number of nitrogens with zero attached hydrogens (tertiary/aromatic N) is 3. The van der Waals surface area contributed by atoms with Crippen LogP contribution in [0.25, 0.3) is 17.1 Å². The largest absolute Gasteiger partial charge is 0.460 e. The van der Waals surface area contributed by atoms with Gasteiger partial charge in [0.25, 0.3) is 0 Å². The Bertz CT molecular complexity index is 1030. The molecule has 1 saturated heterocycles. The maximum atomic E-state index is 13.2. The number of nitrogens with one attached hydrogen (secondary N) is 1. The van der Waals surface area contributed by atoms with E-state index in [0.717, 1.165) is 55.4 Å². The van der Waals surface area contributed by atoms with Crippen molar-refractivity contribution < 1.29 is 19.1 Å². The van der Waals surface area contributed by atoms with Gasteiger partial charge in [-0.25, -0.2) is 9.78 Å². The summed E-state index contributed by atoms with van der Waals surface area (Å²) >= 11 is 0. The molecule has 164 valence electrons. The van der Waals surface area contributed by atoms with E-state index < -0.39 is 11.8 Å². The number of H-pyrrole nitrogens is 1. The number of hydrogen-bond donors (Lipinski definition) is 1. The van der Waals surface area contributed by atoms with E-state index in [9.17, 15) is 9.59 Å². The number of ether oxygens (including phenoxy) is 2. The lowest BCUT2D eigenvalue weighted by molar-refractivity contribution is -0.140. The second-order valence-corrected chi connectivity index (χ2v) is 8.10. The van der Waals surface area contributed by atoms with Crippen LogP contribution in [0.15, 0.2) is 41.7 Å². The van der Waals surface area contributed by atoms with Crippen LogP contribution in [-0.4, -0.2) is 71.9 Å². The van der Waals surface area contributed by atoms with Gasteiger partial charge in [0.15, 0.2) is 11.3 Å². The van der Waals surface area contributed by atoms with Crippen molar-refractivity contribution >= 4 is 28.9 Å². The number of Topliss-reactive ketones (excluding diaryl/α,β-unsaturated/α-hetero) is 1. The number of rotatable bonds is 6. The third kappa shape index (κ3) is 4.64. The molecule has 1 N–H and O–H groups in total. The highest BCUT2D eigenvalue weighted by Crippen LogP contribution is 2.32. The first kappa shape index (κ1) is 21.1. The van der Waals surface area contributed by atoms with Crippen LogP contribution >= 0.6 is 0 Å². The molecule has 4 heterocycles. The Morgan fingerprint density at radius 3 is 2.81 bits per heavy atom. The molecular formula is C23H28N4O4. The Morgan fingerprint density at radius 2 is 2.06 bits per heavy atom. The summed E-state index contributed by atoms with van der Waals surface area (Å²) in [6.45, 7) is 2.30. The number of hydrogen-bond acceptors (Lipinski definition) is 7. The first-order valence-electron chi connectivity index (χ1n) is 10.7. The molecule has 8 heteroatoms. The first-order valence-corrected chi connectivity index (χ1v) is 10.7. The van der Waals surface area contributed by atoms with Gasteiger partial charge in [0, 0.05) is 43.0 Å². The molecule has 0 atom stereocenters. The third-order valence-corrected chi connectivity index (χ3v) is 5.51. The normalized spacial score (nSPS) is 18.7. The maximum absolute atomic E-state index is 13.2. The van der Waals surface area contributed by atoms with E-state index in [4.69, 9.17) is 9.47 Å². The molecule has 2 aliphatic rings. The highest BCUT2D eigenvalue weighted by atomic mass is 16.5. The van der Waals surface area contributed by atoms with Crippen molar-refractivity contribution in [2.45, 2.75) is 25.7 Å². The van der Waals surface area contributed by atoms with Gasteiger partial charge in [0.1, 0.15) is 12.3 Å². The van der Waals surface area contributed by atoms with Gasteiger partial charge in [-0.1, -0.05) is 12.8 Å². The van der Waals surface area contributed by atoms with E-state index in [1.165, 1.54) is 0 Å². The summed E-state index contributed by atoms with van der Waals surface area (Å²) in [5.74, 6) is -0.614.